The van der Waals surface area contributed by atoms with Crippen molar-refractivity contribution >= 4 is 5.91 Å². The van der Waals surface area contributed by atoms with Gasteiger partial charge in [-0.15, -0.1) is 0 Å². The number of nitrogens with one attached hydrogen (secondary N) is 2. The molecule has 1 aliphatic heterocycles. The summed E-state index contributed by atoms with van der Waals surface area (Å²) in [5.74, 6) is 3.14. The standard InChI is InChI=1S/C17H20N2O/c20-17(19-16-12-7-18-8-13(12)16)15-11-6-5-9-3-1-2-4-10(9)14(11)15/h1-4,11-16,18H,5-8H2,(H,19,20). The van der Waals surface area contributed by atoms with E-state index < -0.39 is 0 Å². The smallest absolute Gasteiger partial charge is 0.224 e. The topological polar surface area (TPSA) is 41.1 Å². The van der Waals surface area contributed by atoms with Crippen LogP contribution >= 0.6 is 0 Å². The molecule has 3 aliphatic carbocycles. The number of benzene rings is 1. The molecule has 1 heterocycles. The molecular formula is C17H20N2O. The van der Waals surface area contributed by atoms with E-state index in [4.69, 9.17) is 0 Å². The van der Waals surface area contributed by atoms with E-state index in [2.05, 4.69) is 34.9 Å². The number of hydrogen-bond donors (Lipinski definition) is 2. The molecular weight excluding hydrogens is 248 g/mol. The summed E-state index contributed by atoms with van der Waals surface area (Å²) >= 11 is 0. The zero-order chi connectivity index (χ0) is 13.3. The van der Waals surface area contributed by atoms with Crippen molar-refractivity contribution in [1.29, 1.82) is 0 Å². The number of carbonyl (C=O) groups is 1. The van der Waals surface area contributed by atoms with Gasteiger partial charge in [-0.2, -0.15) is 0 Å². The van der Waals surface area contributed by atoms with Crippen LogP contribution in [0.5, 0.6) is 0 Å². The molecule has 0 bridgehead atoms. The first-order valence-electron chi connectivity index (χ1n) is 7.93. The lowest BCUT2D eigenvalue weighted by Crippen LogP contribution is -2.34. The second kappa shape index (κ2) is 3.85. The summed E-state index contributed by atoms with van der Waals surface area (Å²) in [7, 11) is 0. The van der Waals surface area contributed by atoms with Gasteiger partial charge in [0.25, 0.3) is 0 Å². The number of rotatable bonds is 2. The van der Waals surface area contributed by atoms with Gasteiger partial charge in [-0.3, -0.25) is 4.79 Å². The van der Waals surface area contributed by atoms with Crippen molar-refractivity contribution in [3.63, 3.8) is 0 Å². The van der Waals surface area contributed by atoms with Gasteiger partial charge in [0, 0.05) is 25.0 Å². The highest BCUT2D eigenvalue weighted by Crippen LogP contribution is 2.60. The molecule has 3 fully saturated rings. The van der Waals surface area contributed by atoms with E-state index in [1.54, 1.807) is 0 Å². The van der Waals surface area contributed by atoms with Crippen molar-refractivity contribution < 1.29 is 4.79 Å². The Labute approximate surface area is 119 Å². The predicted octanol–water partition coefficient (Wildman–Crippen LogP) is 1.30. The second-order valence-electron chi connectivity index (χ2n) is 6.97. The fourth-order valence-electron chi connectivity index (χ4n) is 4.82. The average Bonchev–Trinajstić information content (AvgIpc) is 3.30. The van der Waals surface area contributed by atoms with Crippen molar-refractivity contribution in [1.82, 2.24) is 10.6 Å². The molecule has 2 saturated carbocycles. The van der Waals surface area contributed by atoms with E-state index in [0.717, 1.165) is 19.5 Å². The van der Waals surface area contributed by atoms with Crippen LogP contribution in [0.25, 0.3) is 0 Å². The average molecular weight is 268 g/mol. The third kappa shape index (κ3) is 1.47. The van der Waals surface area contributed by atoms with E-state index in [1.165, 1.54) is 17.5 Å². The quantitative estimate of drug-likeness (QED) is 0.849. The van der Waals surface area contributed by atoms with Crippen LogP contribution in [-0.4, -0.2) is 25.0 Å². The Hall–Kier alpha value is -1.35. The summed E-state index contributed by atoms with van der Waals surface area (Å²) in [5, 5.41) is 6.71. The maximum absolute atomic E-state index is 12.5. The minimum atomic E-state index is 0.257. The van der Waals surface area contributed by atoms with Crippen molar-refractivity contribution in [2.45, 2.75) is 24.8 Å². The zero-order valence-corrected chi connectivity index (χ0v) is 11.5. The molecule has 1 aromatic carbocycles. The Morgan fingerprint density at radius 2 is 1.95 bits per heavy atom. The molecule has 0 spiro atoms. The van der Waals surface area contributed by atoms with Crippen molar-refractivity contribution in [2.75, 3.05) is 13.1 Å². The molecule has 20 heavy (non-hydrogen) atoms. The fraction of sp³-hybridized carbons (Fsp3) is 0.588. The Kier molecular flexibility index (Phi) is 2.18. The zero-order valence-electron chi connectivity index (χ0n) is 11.5. The first kappa shape index (κ1) is 11.3. The van der Waals surface area contributed by atoms with E-state index in [1.807, 2.05) is 0 Å². The largest absolute Gasteiger partial charge is 0.352 e. The van der Waals surface area contributed by atoms with Crippen LogP contribution in [0.3, 0.4) is 0 Å². The van der Waals surface area contributed by atoms with Gasteiger partial charge in [0.1, 0.15) is 0 Å². The van der Waals surface area contributed by atoms with Crippen molar-refractivity contribution in [3.8, 4) is 0 Å². The molecule has 104 valence electrons. The minimum absolute atomic E-state index is 0.257. The van der Waals surface area contributed by atoms with Gasteiger partial charge >= 0.3 is 0 Å². The van der Waals surface area contributed by atoms with Gasteiger partial charge in [0.2, 0.25) is 5.91 Å². The molecule has 3 nitrogen and oxygen atoms in total. The number of aryl methyl sites for hydroxylation is 1. The van der Waals surface area contributed by atoms with Gasteiger partial charge in [-0.05, 0) is 47.6 Å². The summed E-state index contributed by atoms with van der Waals surface area (Å²) in [6, 6.07) is 9.17. The predicted molar refractivity (Wildman–Crippen MR) is 76.3 cm³/mol. The molecule has 1 saturated heterocycles. The molecule has 0 radical (unpaired) electrons. The maximum Gasteiger partial charge on any atom is 0.224 e. The van der Waals surface area contributed by atoms with Crippen LogP contribution < -0.4 is 10.6 Å². The molecule has 1 amide bonds. The fourth-order valence-corrected chi connectivity index (χ4v) is 4.82. The lowest BCUT2D eigenvalue weighted by molar-refractivity contribution is -0.123. The van der Waals surface area contributed by atoms with Crippen LogP contribution in [0.15, 0.2) is 24.3 Å². The van der Waals surface area contributed by atoms with Gasteiger partial charge in [0.15, 0.2) is 0 Å². The molecule has 0 aromatic heterocycles. The summed E-state index contributed by atoms with van der Waals surface area (Å²) in [6.07, 6.45) is 2.35. The summed E-state index contributed by atoms with van der Waals surface area (Å²) in [6.45, 7) is 2.19. The monoisotopic (exact) mass is 268 g/mol. The van der Waals surface area contributed by atoms with Crippen molar-refractivity contribution in [3.05, 3.63) is 35.4 Å². The normalized spacial score (nSPS) is 43.2. The Morgan fingerprint density at radius 3 is 2.80 bits per heavy atom. The van der Waals surface area contributed by atoms with Crippen LogP contribution in [0, 0.1) is 23.7 Å². The van der Waals surface area contributed by atoms with Gasteiger partial charge in [0.05, 0.1) is 0 Å². The first-order chi connectivity index (χ1) is 9.84. The van der Waals surface area contributed by atoms with Crippen LogP contribution in [0.1, 0.15) is 23.5 Å². The van der Waals surface area contributed by atoms with E-state index in [-0.39, 0.29) is 5.92 Å². The highest BCUT2D eigenvalue weighted by molar-refractivity contribution is 5.84. The number of hydrogen-bond acceptors (Lipinski definition) is 2. The number of amides is 1. The van der Waals surface area contributed by atoms with Gasteiger partial charge in [-0.1, -0.05) is 24.3 Å². The summed E-state index contributed by atoms with van der Waals surface area (Å²) in [5.41, 5.74) is 2.91. The van der Waals surface area contributed by atoms with E-state index in [0.29, 0.717) is 35.6 Å². The molecule has 4 aliphatic rings. The Balaban J connectivity index is 1.31. The van der Waals surface area contributed by atoms with Crippen LogP contribution in [0.4, 0.5) is 0 Å². The lowest BCUT2D eigenvalue weighted by atomic mass is 9.92. The van der Waals surface area contributed by atoms with Crippen molar-refractivity contribution in [2.24, 2.45) is 23.7 Å². The van der Waals surface area contributed by atoms with E-state index in [9.17, 15) is 4.79 Å². The molecule has 5 rings (SSSR count). The molecule has 2 N–H and O–H groups in total. The second-order valence-corrected chi connectivity index (χ2v) is 6.97. The Bertz CT molecular complexity index is 574. The highest BCUT2D eigenvalue weighted by Gasteiger charge is 2.60. The molecule has 5 unspecified atom stereocenters. The number of carbonyl (C=O) groups excluding carboxylic acids is 1. The van der Waals surface area contributed by atoms with E-state index >= 15 is 0 Å². The lowest BCUT2D eigenvalue weighted by Gasteiger charge is -2.13. The summed E-state index contributed by atoms with van der Waals surface area (Å²) in [4.78, 5) is 12.5. The number of piperidine rings is 1. The highest BCUT2D eigenvalue weighted by atomic mass is 16.2. The van der Waals surface area contributed by atoms with Gasteiger partial charge < -0.3 is 10.6 Å². The molecule has 5 atom stereocenters. The van der Waals surface area contributed by atoms with Crippen LogP contribution in [0.2, 0.25) is 0 Å². The third-order valence-corrected chi connectivity index (χ3v) is 6.03. The molecule has 3 heteroatoms. The number of fused-ring (bicyclic) bond motifs is 4. The maximum atomic E-state index is 12.5. The minimum Gasteiger partial charge on any atom is -0.352 e. The first-order valence-corrected chi connectivity index (χ1v) is 7.93. The molecule has 1 aromatic rings. The van der Waals surface area contributed by atoms with Gasteiger partial charge in [-0.25, -0.2) is 0 Å². The Morgan fingerprint density at radius 1 is 1.15 bits per heavy atom. The summed E-state index contributed by atoms with van der Waals surface area (Å²) < 4.78 is 0. The SMILES string of the molecule is O=C(NC1C2CNCC21)C1C2CCc3ccccc3C21. The third-order valence-electron chi connectivity index (χ3n) is 6.03. The van der Waals surface area contributed by atoms with Crippen LogP contribution in [-0.2, 0) is 11.2 Å².